The molecule has 6 heteroatoms. The van der Waals surface area contributed by atoms with Crippen molar-refractivity contribution < 1.29 is 0 Å². The lowest BCUT2D eigenvalue weighted by molar-refractivity contribution is 0.869. The molecule has 1 N–H and O–H groups in total. The lowest BCUT2D eigenvalue weighted by Gasteiger charge is -2.12. The Morgan fingerprint density at radius 3 is 2.70 bits per heavy atom. The highest BCUT2D eigenvalue weighted by molar-refractivity contribution is 7.11. The van der Waals surface area contributed by atoms with Crippen LogP contribution in [0.25, 0.3) is 16.8 Å². The average molecular weight is 414 g/mol. The highest BCUT2D eigenvalue weighted by Crippen LogP contribution is 2.32. The van der Waals surface area contributed by atoms with E-state index >= 15 is 0 Å². The molecule has 0 saturated carbocycles. The van der Waals surface area contributed by atoms with E-state index in [-0.39, 0.29) is 0 Å². The molecule has 0 aliphatic rings. The Hall–Kier alpha value is -2.32. The van der Waals surface area contributed by atoms with Crippen LogP contribution in [0.3, 0.4) is 0 Å². The van der Waals surface area contributed by atoms with Crippen molar-refractivity contribution in [3.05, 3.63) is 74.7 Å². The smallest absolute Gasteiger partial charge is 0.136 e. The van der Waals surface area contributed by atoms with Crippen LogP contribution in [0.5, 0.6) is 0 Å². The molecule has 0 amide bonds. The number of nitriles is 1. The predicted octanol–water partition coefficient (Wildman–Crippen LogP) is 7.22. The van der Waals surface area contributed by atoms with Gasteiger partial charge in [-0.25, -0.2) is 4.98 Å². The number of benzene rings is 2. The fraction of sp³-hybridized carbons (Fsp3) is 0.143. The molecule has 2 aromatic carbocycles. The van der Waals surface area contributed by atoms with Crippen LogP contribution < -0.4 is 5.32 Å². The summed E-state index contributed by atoms with van der Waals surface area (Å²) in [6.45, 7) is 4.27. The summed E-state index contributed by atoms with van der Waals surface area (Å²) in [4.78, 5) is 4.57. The third kappa shape index (κ3) is 4.51. The second-order valence-corrected chi connectivity index (χ2v) is 7.92. The number of nitrogens with one attached hydrogen (secondary N) is 1. The number of thiazole rings is 1. The highest BCUT2D eigenvalue weighted by atomic mass is 35.5. The molecule has 0 fully saturated rings. The Morgan fingerprint density at radius 2 is 2.00 bits per heavy atom. The van der Waals surface area contributed by atoms with Gasteiger partial charge in [-0.1, -0.05) is 55.2 Å². The van der Waals surface area contributed by atoms with Crippen LogP contribution in [0, 0.1) is 11.3 Å². The van der Waals surface area contributed by atoms with Crippen molar-refractivity contribution in [2.75, 3.05) is 5.32 Å². The topological polar surface area (TPSA) is 48.7 Å². The number of para-hydroxylation sites is 1. The van der Waals surface area contributed by atoms with Crippen LogP contribution in [0.4, 0.5) is 5.69 Å². The minimum Gasteiger partial charge on any atom is -0.360 e. The maximum absolute atomic E-state index is 9.57. The molecule has 1 aromatic heterocycles. The summed E-state index contributed by atoms with van der Waals surface area (Å²) >= 11 is 13.6. The third-order valence-electron chi connectivity index (χ3n) is 4.02. The summed E-state index contributed by atoms with van der Waals surface area (Å²) in [6, 6.07) is 15.6. The number of halogens is 2. The van der Waals surface area contributed by atoms with Gasteiger partial charge in [0, 0.05) is 27.9 Å². The Labute approximate surface area is 172 Å². The van der Waals surface area contributed by atoms with Crippen molar-refractivity contribution in [1.29, 1.82) is 5.26 Å². The van der Waals surface area contributed by atoms with E-state index in [1.54, 1.807) is 18.3 Å². The van der Waals surface area contributed by atoms with Crippen LogP contribution in [0.15, 0.2) is 54.0 Å². The summed E-state index contributed by atoms with van der Waals surface area (Å²) in [5.41, 5.74) is 4.16. The number of hydrogen-bond acceptors (Lipinski definition) is 4. The molecule has 0 radical (unpaired) electrons. The number of rotatable bonds is 5. The number of nitrogens with zero attached hydrogens (tertiary/aromatic N) is 2. The normalized spacial score (nSPS) is 11.5. The van der Waals surface area contributed by atoms with Crippen LogP contribution in [0.2, 0.25) is 10.0 Å². The molecular weight excluding hydrogens is 397 g/mol. The van der Waals surface area contributed by atoms with Gasteiger partial charge in [0.05, 0.1) is 10.7 Å². The van der Waals surface area contributed by atoms with E-state index in [0.29, 0.717) is 26.5 Å². The van der Waals surface area contributed by atoms with Gasteiger partial charge in [0.1, 0.15) is 16.6 Å². The van der Waals surface area contributed by atoms with Gasteiger partial charge in [0.2, 0.25) is 0 Å². The molecule has 0 aliphatic carbocycles. The molecule has 0 atom stereocenters. The van der Waals surface area contributed by atoms with E-state index in [1.165, 1.54) is 16.9 Å². The monoisotopic (exact) mass is 413 g/mol. The van der Waals surface area contributed by atoms with Crippen molar-refractivity contribution in [1.82, 2.24) is 4.98 Å². The molecule has 0 bridgehead atoms. The van der Waals surface area contributed by atoms with E-state index < -0.39 is 0 Å². The van der Waals surface area contributed by atoms with Gasteiger partial charge in [-0.3, -0.25) is 0 Å². The highest BCUT2D eigenvalue weighted by Gasteiger charge is 2.12. The molecule has 0 saturated heterocycles. The van der Waals surface area contributed by atoms with E-state index in [0.717, 1.165) is 16.9 Å². The molecular formula is C21H17Cl2N3S. The summed E-state index contributed by atoms with van der Waals surface area (Å²) in [7, 11) is 0. The molecule has 3 nitrogen and oxygen atoms in total. The first kappa shape index (κ1) is 19.4. The minimum absolute atomic E-state index is 0.381. The van der Waals surface area contributed by atoms with Crippen molar-refractivity contribution in [3.63, 3.8) is 0 Å². The molecule has 0 aliphatic heterocycles. The quantitative estimate of drug-likeness (QED) is 0.449. The molecule has 136 valence electrons. The first-order chi connectivity index (χ1) is 13.0. The van der Waals surface area contributed by atoms with Crippen molar-refractivity contribution in [3.8, 4) is 17.3 Å². The standard InChI is InChI=1S/C21H17Cl2N3S/c1-13(2)16-5-3-4-6-19(16)25-11-14(10-24)21-26-20(12-27-21)17-8-7-15(22)9-18(17)23/h3-9,11-13,25H,1-2H3. The predicted molar refractivity (Wildman–Crippen MR) is 115 cm³/mol. The van der Waals surface area contributed by atoms with E-state index in [4.69, 9.17) is 23.2 Å². The summed E-state index contributed by atoms with van der Waals surface area (Å²) in [5, 5.41) is 16.4. The summed E-state index contributed by atoms with van der Waals surface area (Å²) < 4.78 is 0. The van der Waals surface area contributed by atoms with Gasteiger partial charge in [-0.2, -0.15) is 5.26 Å². The number of aromatic nitrogens is 1. The number of allylic oxidation sites excluding steroid dienone is 1. The van der Waals surface area contributed by atoms with E-state index in [2.05, 4.69) is 36.3 Å². The molecule has 3 rings (SSSR count). The Morgan fingerprint density at radius 1 is 1.22 bits per heavy atom. The maximum atomic E-state index is 9.57. The Bertz CT molecular complexity index is 1030. The van der Waals surface area contributed by atoms with Crippen LogP contribution in [-0.2, 0) is 0 Å². The maximum Gasteiger partial charge on any atom is 0.136 e. The molecule has 1 heterocycles. The van der Waals surface area contributed by atoms with Crippen molar-refractivity contribution in [2.45, 2.75) is 19.8 Å². The number of hydrogen-bond donors (Lipinski definition) is 1. The van der Waals surface area contributed by atoms with Crippen molar-refractivity contribution >= 4 is 45.8 Å². The van der Waals surface area contributed by atoms with Gasteiger partial charge >= 0.3 is 0 Å². The van der Waals surface area contributed by atoms with Gasteiger partial charge in [-0.05, 0) is 35.7 Å². The average Bonchev–Trinajstić information content (AvgIpc) is 3.12. The zero-order chi connectivity index (χ0) is 19.4. The van der Waals surface area contributed by atoms with Gasteiger partial charge in [0.15, 0.2) is 0 Å². The molecule has 0 spiro atoms. The minimum atomic E-state index is 0.381. The SMILES string of the molecule is CC(C)c1ccccc1NC=C(C#N)c1nc(-c2ccc(Cl)cc2Cl)cs1. The second kappa shape index (κ2) is 8.58. The summed E-state index contributed by atoms with van der Waals surface area (Å²) in [5.74, 6) is 0.381. The summed E-state index contributed by atoms with van der Waals surface area (Å²) in [6.07, 6.45) is 1.70. The van der Waals surface area contributed by atoms with Gasteiger partial charge in [-0.15, -0.1) is 11.3 Å². The zero-order valence-electron chi connectivity index (χ0n) is 14.8. The zero-order valence-corrected chi connectivity index (χ0v) is 17.2. The fourth-order valence-corrected chi connectivity index (χ4v) is 3.93. The van der Waals surface area contributed by atoms with Crippen LogP contribution in [0.1, 0.15) is 30.3 Å². The van der Waals surface area contributed by atoms with Crippen LogP contribution in [-0.4, -0.2) is 4.98 Å². The molecule has 0 unspecified atom stereocenters. The van der Waals surface area contributed by atoms with Crippen molar-refractivity contribution in [2.24, 2.45) is 0 Å². The lowest BCUT2D eigenvalue weighted by atomic mass is 10.0. The first-order valence-corrected chi connectivity index (χ1v) is 10.00. The Balaban J connectivity index is 1.88. The first-order valence-electron chi connectivity index (χ1n) is 8.36. The van der Waals surface area contributed by atoms with E-state index in [9.17, 15) is 5.26 Å². The molecule has 27 heavy (non-hydrogen) atoms. The Kier molecular flexibility index (Phi) is 6.18. The largest absolute Gasteiger partial charge is 0.360 e. The third-order valence-corrected chi connectivity index (χ3v) is 5.44. The fourth-order valence-electron chi connectivity index (χ4n) is 2.64. The van der Waals surface area contributed by atoms with E-state index in [1.807, 2.05) is 29.6 Å². The van der Waals surface area contributed by atoms with Gasteiger partial charge in [0.25, 0.3) is 0 Å². The van der Waals surface area contributed by atoms with Crippen LogP contribution >= 0.6 is 34.5 Å². The number of anilines is 1. The van der Waals surface area contributed by atoms with Gasteiger partial charge < -0.3 is 5.32 Å². The second-order valence-electron chi connectivity index (χ2n) is 6.22. The molecule has 3 aromatic rings. The lowest BCUT2D eigenvalue weighted by Crippen LogP contribution is -1.97.